The van der Waals surface area contributed by atoms with Gasteiger partial charge in [-0.3, -0.25) is 4.79 Å². The molecule has 1 aliphatic rings. The molecule has 1 aromatic heterocycles. The normalized spacial score (nSPS) is 15.3. The number of methoxy groups -OCH3 is 1. The van der Waals surface area contributed by atoms with E-state index in [1.54, 1.807) is 18.2 Å². The summed E-state index contributed by atoms with van der Waals surface area (Å²) in [6.07, 6.45) is 2.74. The van der Waals surface area contributed by atoms with Gasteiger partial charge in [0.25, 0.3) is 5.91 Å². The van der Waals surface area contributed by atoms with Crippen molar-refractivity contribution in [3.8, 4) is 5.75 Å². The molecular formula is C21H22N2O5S. The Morgan fingerprint density at radius 2 is 1.83 bits per heavy atom. The van der Waals surface area contributed by atoms with E-state index >= 15 is 0 Å². The van der Waals surface area contributed by atoms with Crippen molar-refractivity contribution in [1.82, 2.24) is 4.31 Å². The van der Waals surface area contributed by atoms with E-state index in [0.717, 1.165) is 24.6 Å². The van der Waals surface area contributed by atoms with Gasteiger partial charge in [0.2, 0.25) is 10.0 Å². The number of para-hydroxylation sites is 1. The fourth-order valence-corrected chi connectivity index (χ4v) is 5.02. The molecule has 0 bridgehead atoms. The number of benzene rings is 2. The molecule has 0 saturated carbocycles. The zero-order valence-corrected chi connectivity index (χ0v) is 16.9. The Hall–Kier alpha value is -2.84. The second-order valence-electron chi connectivity index (χ2n) is 6.93. The molecule has 3 aromatic rings. The number of carbonyl (C=O) groups is 1. The summed E-state index contributed by atoms with van der Waals surface area (Å²) in [7, 11) is -2.16. The molecule has 29 heavy (non-hydrogen) atoms. The van der Waals surface area contributed by atoms with Crippen LogP contribution >= 0.6 is 0 Å². The summed E-state index contributed by atoms with van der Waals surface area (Å²) in [6.45, 7) is 1.02. The molecule has 0 unspecified atom stereocenters. The van der Waals surface area contributed by atoms with Gasteiger partial charge < -0.3 is 14.5 Å². The molecule has 1 saturated heterocycles. The number of hydrogen-bond donors (Lipinski definition) is 1. The first kappa shape index (κ1) is 19.5. The average molecular weight is 414 g/mol. The van der Waals surface area contributed by atoms with E-state index in [4.69, 9.17) is 9.15 Å². The van der Waals surface area contributed by atoms with Crippen LogP contribution in [0.15, 0.2) is 57.8 Å². The lowest BCUT2D eigenvalue weighted by atomic mass is 10.2. The molecule has 152 valence electrons. The highest BCUT2D eigenvalue weighted by Gasteiger charge is 2.27. The molecule has 1 N–H and O–H groups in total. The third-order valence-corrected chi connectivity index (χ3v) is 6.92. The molecule has 0 spiro atoms. The van der Waals surface area contributed by atoms with Crippen LogP contribution in [0.4, 0.5) is 5.69 Å². The fourth-order valence-electron chi connectivity index (χ4n) is 3.48. The standard InChI is InChI=1S/C21H22N2O5S/c1-27-19-10-9-16(29(25,26)23-11-5-2-6-12-23)14-17(19)22-21(24)20-13-15-7-3-4-8-18(15)28-20/h3-4,7-10,13-14H,2,5-6,11-12H2,1H3,(H,22,24). The van der Waals surface area contributed by atoms with Crippen LogP contribution in [0, 0.1) is 0 Å². The molecule has 1 amide bonds. The van der Waals surface area contributed by atoms with Crippen molar-refractivity contribution >= 4 is 32.6 Å². The first-order valence-electron chi connectivity index (χ1n) is 9.47. The third kappa shape index (κ3) is 3.86. The predicted molar refractivity (Wildman–Crippen MR) is 110 cm³/mol. The molecule has 0 radical (unpaired) electrons. The van der Waals surface area contributed by atoms with Crippen molar-refractivity contribution < 1.29 is 22.4 Å². The van der Waals surface area contributed by atoms with Crippen LogP contribution in [-0.2, 0) is 10.0 Å². The lowest BCUT2D eigenvalue weighted by molar-refractivity contribution is 0.0998. The number of ether oxygens (including phenoxy) is 1. The van der Waals surface area contributed by atoms with Crippen LogP contribution in [0.5, 0.6) is 5.75 Å². The Morgan fingerprint density at radius 3 is 2.55 bits per heavy atom. The van der Waals surface area contributed by atoms with Crippen LogP contribution in [0.25, 0.3) is 11.0 Å². The van der Waals surface area contributed by atoms with E-state index in [9.17, 15) is 13.2 Å². The molecule has 2 heterocycles. The number of anilines is 1. The average Bonchev–Trinajstić information content (AvgIpc) is 3.19. The number of sulfonamides is 1. The SMILES string of the molecule is COc1ccc(S(=O)(=O)N2CCCCC2)cc1NC(=O)c1cc2ccccc2o1. The van der Waals surface area contributed by atoms with Gasteiger partial charge in [0.05, 0.1) is 17.7 Å². The van der Waals surface area contributed by atoms with Crippen molar-refractivity contribution in [2.45, 2.75) is 24.2 Å². The van der Waals surface area contributed by atoms with Crippen molar-refractivity contribution in [1.29, 1.82) is 0 Å². The number of rotatable bonds is 5. The quantitative estimate of drug-likeness (QED) is 0.685. The zero-order chi connectivity index (χ0) is 20.4. The molecule has 0 atom stereocenters. The van der Waals surface area contributed by atoms with Gasteiger partial charge in [-0.25, -0.2) is 8.42 Å². The van der Waals surface area contributed by atoms with Crippen LogP contribution in [-0.4, -0.2) is 38.8 Å². The van der Waals surface area contributed by atoms with E-state index < -0.39 is 15.9 Å². The van der Waals surface area contributed by atoms with E-state index in [2.05, 4.69) is 5.32 Å². The minimum absolute atomic E-state index is 0.125. The maximum atomic E-state index is 13.0. The van der Waals surface area contributed by atoms with Crippen LogP contribution in [0.1, 0.15) is 29.8 Å². The number of hydrogen-bond acceptors (Lipinski definition) is 5. The maximum Gasteiger partial charge on any atom is 0.291 e. The fraction of sp³-hybridized carbons (Fsp3) is 0.286. The van der Waals surface area contributed by atoms with Crippen molar-refractivity contribution in [2.75, 3.05) is 25.5 Å². The van der Waals surface area contributed by atoms with Crippen molar-refractivity contribution in [3.63, 3.8) is 0 Å². The highest BCUT2D eigenvalue weighted by atomic mass is 32.2. The second-order valence-corrected chi connectivity index (χ2v) is 8.87. The smallest absolute Gasteiger partial charge is 0.291 e. The summed E-state index contributed by atoms with van der Waals surface area (Å²) in [6, 6.07) is 13.4. The monoisotopic (exact) mass is 414 g/mol. The number of amides is 1. The summed E-state index contributed by atoms with van der Waals surface area (Å²) in [5, 5.41) is 3.52. The third-order valence-electron chi connectivity index (χ3n) is 5.02. The molecule has 0 aliphatic carbocycles. The molecular weight excluding hydrogens is 392 g/mol. The number of carbonyl (C=O) groups excluding carboxylic acids is 1. The number of nitrogens with zero attached hydrogens (tertiary/aromatic N) is 1. The lowest BCUT2D eigenvalue weighted by Crippen LogP contribution is -2.35. The van der Waals surface area contributed by atoms with Crippen LogP contribution in [0.2, 0.25) is 0 Å². The van der Waals surface area contributed by atoms with Gasteiger partial charge >= 0.3 is 0 Å². The van der Waals surface area contributed by atoms with Gasteiger partial charge in [-0.05, 0) is 43.2 Å². The van der Waals surface area contributed by atoms with Gasteiger partial charge in [-0.15, -0.1) is 0 Å². The number of fused-ring (bicyclic) bond motifs is 1. The highest BCUT2D eigenvalue weighted by Crippen LogP contribution is 2.31. The van der Waals surface area contributed by atoms with E-state index in [0.29, 0.717) is 24.4 Å². The largest absolute Gasteiger partial charge is 0.495 e. The maximum absolute atomic E-state index is 13.0. The Morgan fingerprint density at radius 1 is 1.07 bits per heavy atom. The Balaban J connectivity index is 1.63. The summed E-state index contributed by atoms with van der Waals surface area (Å²) < 4.78 is 38.3. The summed E-state index contributed by atoms with van der Waals surface area (Å²) >= 11 is 0. The molecule has 2 aromatic carbocycles. The van der Waals surface area contributed by atoms with Crippen molar-refractivity contribution in [3.05, 3.63) is 54.3 Å². The zero-order valence-electron chi connectivity index (χ0n) is 16.1. The molecule has 4 rings (SSSR count). The molecule has 1 fully saturated rings. The summed E-state index contributed by atoms with van der Waals surface area (Å²) in [5.41, 5.74) is 0.877. The lowest BCUT2D eigenvalue weighted by Gasteiger charge is -2.26. The number of furan rings is 1. The predicted octanol–water partition coefficient (Wildman–Crippen LogP) is 3.87. The second kappa shape index (κ2) is 7.88. The Bertz CT molecular complexity index is 1110. The molecule has 1 aliphatic heterocycles. The molecule has 7 nitrogen and oxygen atoms in total. The van der Waals surface area contributed by atoms with Crippen LogP contribution in [0.3, 0.4) is 0 Å². The van der Waals surface area contributed by atoms with Gasteiger partial charge in [0, 0.05) is 18.5 Å². The van der Waals surface area contributed by atoms with E-state index in [1.807, 2.05) is 18.2 Å². The van der Waals surface area contributed by atoms with Crippen LogP contribution < -0.4 is 10.1 Å². The van der Waals surface area contributed by atoms with E-state index in [-0.39, 0.29) is 16.3 Å². The van der Waals surface area contributed by atoms with Gasteiger partial charge in [-0.1, -0.05) is 24.6 Å². The van der Waals surface area contributed by atoms with Gasteiger partial charge in [-0.2, -0.15) is 4.31 Å². The summed E-state index contributed by atoms with van der Waals surface area (Å²) in [5.74, 6) is 0.0246. The Labute approximate surface area is 169 Å². The summed E-state index contributed by atoms with van der Waals surface area (Å²) in [4.78, 5) is 12.8. The topological polar surface area (TPSA) is 88.9 Å². The van der Waals surface area contributed by atoms with Gasteiger partial charge in [0.1, 0.15) is 11.3 Å². The first-order valence-corrected chi connectivity index (χ1v) is 10.9. The highest BCUT2D eigenvalue weighted by molar-refractivity contribution is 7.89. The minimum Gasteiger partial charge on any atom is -0.495 e. The van der Waals surface area contributed by atoms with Crippen molar-refractivity contribution in [2.24, 2.45) is 0 Å². The Kier molecular flexibility index (Phi) is 5.29. The minimum atomic E-state index is -3.63. The number of piperidine rings is 1. The first-order chi connectivity index (χ1) is 14.0. The molecule has 8 heteroatoms. The number of nitrogens with one attached hydrogen (secondary N) is 1. The van der Waals surface area contributed by atoms with E-state index in [1.165, 1.54) is 23.5 Å². The van der Waals surface area contributed by atoms with Gasteiger partial charge in [0.15, 0.2) is 5.76 Å².